The number of carbonyl (C=O) groups is 2. The Morgan fingerprint density at radius 3 is 2.43 bits per heavy atom. The molecule has 0 bridgehead atoms. The van der Waals surface area contributed by atoms with Crippen LogP contribution in [0.2, 0.25) is 5.02 Å². The molecule has 7 nitrogen and oxygen atoms in total. The zero-order valence-electron chi connectivity index (χ0n) is 18.2. The van der Waals surface area contributed by atoms with E-state index in [2.05, 4.69) is 10.4 Å². The number of rotatable bonds is 7. The van der Waals surface area contributed by atoms with Gasteiger partial charge in [0.1, 0.15) is 6.61 Å². The Morgan fingerprint density at radius 2 is 1.74 bits per heavy atom. The average Bonchev–Trinajstić information content (AvgIpc) is 2.83. The predicted molar refractivity (Wildman–Crippen MR) is 125 cm³/mol. The van der Waals surface area contributed by atoms with E-state index < -0.39 is 23.6 Å². The van der Waals surface area contributed by atoms with Gasteiger partial charge in [0.15, 0.2) is 11.5 Å². The fourth-order valence-corrected chi connectivity index (χ4v) is 2.93. The lowest BCUT2D eigenvalue weighted by Gasteiger charge is -2.11. The predicted octanol–water partition coefficient (Wildman–Crippen LogP) is 5.04. The van der Waals surface area contributed by atoms with Crippen molar-refractivity contribution in [1.29, 1.82) is 0 Å². The molecule has 0 unspecified atom stereocenters. The number of ether oxygens (including phenoxy) is 2. The number of amides is 2. The normalized spacial score (nSPS) is 11.2. The van der Waals surface area contributed by atoms with Crippen LogP contribution in [0.15, 0.2) is 71.8 Å². The third-order valence-corrected chi connectivity index (χ3v) is 4.78. The summed E-state index contributed by atoms with van der Waals surface area (Å²) < 4.78 is 49.4. The van der Waals surface area contributed by atoms with Crippen LogP contribution in [0.1, 0.15) is 16.7 Å². The van der Waals surface area contributed by atoms with Gasteiger partial charge in [0.2, 0.25) is 0 Å². The summed E-state index contributed by atoms with van der Waals surface area (Å²) in [6, 6.07) is 16.0. The largest absolute Gasteiger partial charge is 0.493 e. The van der Waals surface area contributed by atoms with Crippen LogP contribution in [-0.2, 0) is 22.4 Å². The Hall–Kier alpha value is -4.05. The summed E-state index contributed by atoms with van der Waals surface area (Å²) in [5, 5.41) is 6.40. The lowest BCUT2D eigenvalue weighted by atomic mass is 10.2. The maximum atomic E-state index is 12.8. The number of nitrogens with zero attached hydrogens (tertiary/aromatic N) is 1. The molecule has 0 saturated heterocycles. The maximum absolute atomic E-state index is 12.8. The molecule has 2 amide bonds. The second-order valence-electron chi connectivity index (χ2n) is 7.06. The van der Waals surface area contributed by atoms with E-state index in [1.54, 1.807) is 30.3 Å². The van der Waals surface area contributed by atoms with Crippen LogP contribution in [0.25, 0.3) is 0 Å². The highest BCUT2D eigenvalue weighted by atomic mass is 35.5. The summed E-state index contributed by atoms with van der Waals surface area (Å²) in [6.07, 6.45) is -3.31. The van der Waals surface area contributed by atoms with Crippen molar-refractivity contribution < 1.29 is 32.2 Å². The summed E-state index contributed by atoms with van der Waals surface area (Å²) in [5.74, 6) is -1.45. The Labute approximate surface area is 203 Å². The van der Waals surface area contributed by atoms with Crippen LogP contribution in [0.5, 0.6) is 11.5 Å². The summed E-state index contributed by atoms with van der Waals surface area (Å²) in [4.78, 5) is 23.9. The van der Waals surface area contributed by atoms with E-state index >= 15 is 0 Å². The van der Waals surface area contributed by atoms with Crippen molar-refractivity contribution in [2.24, 2.45) is 5.10 Å². The van der Waals surface area contributed by atoms with Crippen molar-refractivity contribution in [3.63, 3.8) is 0 Å². The fourth-order valence-electron chi connectivity index (χ4n) is 2.80. The minimum absolute atomic E-state index is 0.178. The van der Waals surface area contributed by atoms with E-state index in [4.69, 9.17) is 21.1 Å². The molecule has 3 aromatic rings. The first-order chi connectivity index (χ1) is 16.7. The molecule has 0 spiro atoms. The SMILES string of the molecule is COc1cc(C=NNC(=O)C(=O)Nc2cccc(C(F)(F)F)c2)ccc1OCc1ccc(Cl)cc1. The highest BCUT2D eigenvalue weighted by Gasteiger charge is 2.30. The van der Waals surface area contributed by atoms with Gasteiger partial charge in [-0.05, 0) is 59.7 Å². The van der Waals surface area contributed by atoms with Crippen molar-refractivity contribution in [3.05, 3.63) is 88.4 Å². The highest BCUT2D eigenvalue weighted by molar-refractivity contribution is 6.39. The minimum atomic E-state index is -4.58. The van der Waals surface area contributed by atoms with Crippen molar-refractivity contribution in [3.8, 4) is 11.5 Å². The number of methoxy groups -OCH3 is 1. The molecule has 0 aromatic heterocycles. The molecule has 0 saturated carbocycles. The quantitative estimate of drug-likeness (QED) is 0.268. The van der Waals surface area contributed by atoms with Crippen LogP contribution in [0.4, 0.5) is 18.9 Å². The van der Waals surface area contributed by atoms with Gasteiger partial charge in [-0.3, -0.25) is 9.59 Å². The molecule has 0 heterocycles. The molecular weight excluding hydrogens is 487 g/mol. The number of nitrogens with one attached hydrogen (secondary N) is 2. The van der Waals surface area contributed by atoms with E-state index in [9.17, 15) is 22.8 Å². The van der Waals surface area contributed by atoms with Gasteiger partial charge < -0.3 is 14.8 Å². The molecule has 2 N–H and O–H groups in total. The molecule has 0 aliphatic heterocycles. The van der Waals surface area contributed by atoms with E-state index in [1.807, 2.05) is 17.6 Å². The number of hydrogen-bond acceptors (Lipinski definition) is 5. The van der Waals surface area contributed by atoms with E-state index in [0.717, 1.165) is 23.8 Å². The smallest absolute Gasteiger partial charge is 0.416 e. The van der Waals surface area contributed by atoms with Crippen molar-refractivity contribution in [2.75, 3.05) is 12.4 Å². The summed E-state index contributed by atoms with van der Waals surface area (Å²) in [5.41, 5.74) is 2.32. The average molecular weight is 506 g/mol. The molecule has 35 heavy (non-hydrogen) atoms. The lowest BCUT2D eigenvalue weighted by molar-refractivity contribution is -0.137. The molecule has 11 heteroatoms. The number of alkyl halides is 3. The van der Waals surface area contributed by atoms with Gasteiger partial charge in [0.05, 0.1) is 18.9 Å². The number of carbonyl (C=O) groups excluding carboxylic acids is 2. The lowest BCUT2D eigenvalue weighted by Crippen LogP contribution is -2.32. The Balaban J connectivity index is 1.56. The molecule has 3 rings (SSSR count). The summed E-state index contributed by atoms with van der Waals surface area (Å²) in [6.45, 7) is 0.290. The number of hydrazone groups is 1. The van der Waals surface area contributed by atoms with Gasteiger partial charge in [-0.15, -0.1) is 0 Å². The first-order valence-corrected chi connectivity index (χ1v) is 10.4. The second-order valence-corrected chi connectivity index (χ2v) is 7.49. The zero-order chi connectivity index (χ0) is 25.4. The van der Waals surface area contributed by atoms with Crippen LogP contribution in [-0.4, -0.2) is 25.1 Å². The highest BCUT2D eigenvalue weighted by Crippen LogP contribution is 2.31. The molecule has 0 radical (unpaired) electrons. The molecule has 0 fully saturated rings. The molecular formula is C24H19ClF3N3O4. The Morgan fingerprint density at radius 1 is 1.00 bits per heavy atom. The van der Waals surface area contributed by atoms with E-state index in [-0.39, 0.29) is 12.3 Å². The second kappa shape index (κ2) is 11.4. The van der Waals surface area contributed by atoms with Crippen molar-refractivity contribution >= 4 is 35.3 Å². The minimum Gasteiger partial charge on any atom is -0.493 e. The van der Waals surface area contributed by atoms with Gasteiger partial charge in [0.25, 0.3) is 0 Å². The van der Waals surface area contributed by atoms with E-state index in [1.165, 1.54) is 19.4 Å². The third-order valence-electron chi connectivity index (χ3n) is 4.53. The summed E-state index contributed by atoms with van der Waals surface area (Å²) >= 11 is 5.87. The van der Waals surface area contributed by atoms with Gasteiger partial charge in [0, 0.05) is 10.7 Å². The van der Waals surface area contributed by atoms with Gasteiger partial charge in [-0.25, -0.2) is 5.43 Å². The third kappa shape index (κ3) is 7.47. The van der Waals surface area contributed by atoms with Gasteiger partial charge in [-0.1, -0.05) is 29.8 Å². The first-order valence-electron chi connectivity index (χ1n) is 10.0. The van der Waals surface area contributed by atoms with Crippen LogP contribution >= 0.6 is 11.6 Å². The number of anilines is 1. The molecule has 0 atom stereocenters. The molecule has 0 aliphatic carbocycles. The Bertz CT molecular complexity index is 1230. The molecule has 182 valence electrons. The number of hydrogen-bond donors (Lipinski definition) is 2. The van der Waals surface area contributed by atoms with Crippen molar-refractivity contribution in [1.82, 2.24) is 5.43 Å². The zero-order valence-corrected chi connectivity index (χ0v) is 19.0. The van der Waals surface area contributed by atoms with Crippen LogP contribution in [0.3, 0.4) is 0 Å². The monoisotopic (exact) mass is 505 g/mol. The van der Waals surface area contributed by atoms with Crippen LogP contribution < -0.4 is 20.2 Å². The Kier molecular flexibility index (Phi) is 8.32. The van der Waals surface area contributed by atoms with Gasteiger partial charge >= 0.3 is 18.0 Å². The maximum Gasteiger partial charge on any atom is 0.416 e. The van der Waals surface area contributed by atoms with Crippen molar-refractivity contribution in [2.45, 2.75) is 12.8 Å². The van der Waals surface area contributed by atoms with E-state index in [0.29, 0.717) is 22.1 Å². The molecule has 3 aromatic carbocycles. The standard InChI is InChI=1S/C24H19ClF3N3O4/c1-34-21-11-16(7-10-20(21)35-14-15-5-8-18(25)9-6-15)13-29-31-23(33)22(32)30-19-4-2-3-17(12-19)24(26,27)28/h2-13H,14H2,1H3,(H,30,32)(H,31,33). The summed E-state index contributed by atoms with van der Waals surface area (Å²) in [7, 11) is 1.46. The molecule has 0 aliphatic rings. The fraction of sp³-hybridized carbons (Fsp3) is 0.125. The first kappa shape index (κ1) is 25.6. The number of halogens is 4. The topological polar surface area (TPSA) is 89.0 Å². The van der Waals surface area contributed by atoms with Gasteiger partial charge in [-0.2, -0.15) is 18.3 Å². The number of benzene rings is 3. The van der Waals surface area contributed by atoms with Crippen LogP contribution in [0, 0.1) is 0 Å².